The van der Waals surface area contributed by atoms with Crippen LogP contribution in [0.4, 0.5) is 27.8 Å². The minimum Gasteiger partial charge on any atom is -0.382 e. The highest BCUT2D eigenvalue weighted by Crippen LogP contribution is 2.33. The summed E-state index contributed by atoms with van der Waals surface area (Å²) in [6.45, 7) is 5.11. The van der Waals surface area contributed by atoms with Crippen LogP contribution < -0.4 is 20.4 Å². The van der Waals surface area contributed by atoms with Crippen LogP contribution in [0.2, 0.25) is 0 Å². The van der Waals surface area contributed by atoms with Gasteiger partial charge in [0, 0.05) is 43.1 Å². The molecule has 8 nitrogen and oxygen atoms in total. The van der Waals surface area contributed by atoms with Crippen molar-refractivity contribution < 1.29 is 4.79 Å². The molecule has 0 radical (unpaired) electrons. The van der Waals surface area contributed by atoms with Gasteiger partial charge in [0.15, 0.2) is 11.6 Å². The standard InChI is InChI=1S/C26H31N7O/c1-19-8-6-14-27-23-13-12-22(20-9-5-10-21(18-20)32-16-3-2-4-17-32)29-25(23)33(19)26(34)30-24-11-7-15-28-31-24/h5,7,9-13,15,18-19,27H,2-4,6,8,14,16-17H2,1H3,(H,30,31,34)/t19-/m1/s1. The van der Waals surface area contributed by atoms with Crippen LogP contribution in [-0.2, 0) is 0 Å². The minimum atomic E-state index is -0.260. The average Bonchev–Trinajstić information content (AvgIpc) is 2.87. The maximum Gasteiger partial charge on any atom is 0.329 e. The second-order valence-electron chi connectivity index (χ2n) is 8.99. The van der Waals surface area contributed by atoms with Gasteiger partial charge in [-0.2, -0.15) is 5.10 Å². The smallest absolute Gasteiger partial charge is 0.329 e. The van der Waals surface area contributed by atoms with E-state index in [1.165, 1.54) is 24.9 Å². The second-order valence-corrected chi connectivity index (χ2v) is 8.99. The third-order valence-electron chi connectivity index (χ3n) is 6.55. The second kappa shape index (κ2) is 10.1. The Balaban J connectivity index is 1.49. The number of nitrogens with one attached hydrogen (secondary N) is 2. The molecule has 176 valence electrons. The van der Waals surface area contributed by atoms with Crippen LogP contribution in [0.1, 0.15) is 39.0 Å². The van der Waals surface area contributed by atoms with E-state index in [9.17, 15) is 4.79 Å². The van der Waals surface area contributed by atoms with E-state index in [4.69, 9.17) is 4.98 Å². The van der Waals surface area contributed by atoms with E-state index < -0.39 is 0 Å². The Morgan fingerprint density at radius 2 is 1.94 bits per heavy atom. The van der Waals surface area contributed by atoms with Crippen LogP contribution in [0.3, 0.4) is 0 Å². The molecule has 0 spiro atoms. The third kappa shape index (κ3) is 4.81. The molecule has 1 fully saturated rings. The summed E-state index contributed by atoms with van der Waals surface area (Å²) in [5.74, 6) is 1.05. The number of amides is 2. The highest BCUT2D eigenvalue weighted by Gasteiger charge is 2.28. The SMILES string of the molecule is C[C@@H]1CCCNc2ccc(-c3cccc(N4CCCCC4)c3)nc2N1C(=O)Nc1cccnn1. The van der Waals surface area contributed by atoms with Gasteiger partial charge in [0.05, 0.1) is 11.4 Å². The number of pyridine rings is 1. The van der Waals surface area contributed by atoms with Crippen molar-refractivity contribution in [1.82, 2.24) is 15.2 Å². The van der Waals surface area contributed by atoms with Crippen molar-refractivity contribution in [3.05, 3.63) is 54.7 Å². The summed E-state index contributed by atoms with van der Waals surface area (Å²) in [6.07, 6.45) is 7.20. The molecular weight excluding hydrogens is 426 g/mol. The normalized spacial score (nSPS) is 18.3. The predicted molar refractivity (Wildman–Crippen MR) is 136 cm³/mol. The van der Waals surface area contributed by atoms with Gasteiger partial charge in [0.2, 0.25) is 0 Å². The third-order valence-corrected chi connectivity index (χ3v) is 6.55. The molecule has 34 heavy (non-hydrogen) atoms. The largest absolute Gasteiger partial charge is 0.382 e. The number of piperidine rings is 1. The highest BCUT2D eigenvalue weighted by molar-refractivity contribution is 6.03. The first-order valence-electron chi connectivity index (χ1n) is 12.2. The number of hydrogen-bond donors (Lipinski definition) is 2. The molecule has 5 rings (SSSR count). The van der Waals surface area contributed by atoms with Crippen LogP contribution in [0.15, 0.2) is 54.7 Å². The zero-order valence-electron chi connectivity index (χ0n) is 19.6. The first-order chi connectivity index (χ1) is 16.7. The van der Waals surface area contributed by atoms with Crippen LogP contribution >= 0.6 is 0 Å². The predicted octanol–water partition coefficient (Wildman–Crippen LogP) is 5.16. The number of carbonyl (C=O) groups is 1. The molecule has 1 atom stereocenters. The molecule has 1 aromatic carbocycles. The molecular formula is C26H31N7O. The van der Waals surface area contributed by atoms with Gasteiger partial charge in [-0.25, -0.2) is 9.78 Å². The van der Waals surface area contributed by atoms with E-state index >= 15 is 0 Å². The Labute approximate surface area is 200 Å². The van der Waals surface area contributed by atoms with Crippen molar-refractivity contribution in [1.29, 1.82) is 0 Å². The minimum absolute atomic E-state index is 0.0139. The molecule has 0 unspecified atom stereocenters. The lowest BCUT2D eigenvalue weighted by molar-refractivity contribution is 0.254. The van der Waals surface area contributed by atoms with Crippen molar-refractivity contribution in [3.63, 3.8) is 0 Å². The van der Waals surface area contributed by atoms with Gasteiger partial charge in [-0.1, -0.05) is 12.1 Å². The number of anilines is 4. The summed E-state index contributed by atoms with van der Waals surface area (Å²) in [5, 5.41) is 14.2. The number of rotatable bonds is 3. The van der Waals surface area contributed by atoms with E-state index in [1.54, 1.807) is 23.2 Å². The molecule has 2 aliphatic rings. The van der Waals surface area contributed by atoms with Gasteiger partial charge in [-0.05, 0) is 75.4 Å². The number of urea groups is 1. The summed E-state index contributed by atoms with van der Waals surface area (Å²) in [5.41, 5.74) is 3.99. The fraction of sp³-hybridized carbons (Fsp3) is 0.385. The Kier molecular flexibility index (Phi) is 6.56. The first kappa shape index (κ1) is 22.1. The molecule has 2 aromatic heterocycles. The van der Waals surface area contributed by atoms with Crippen LogP contribution in [-0.4, -0.2) is 46.9 Å². The molecule has 2 amide bonds. The molecule has 3 aromatic rings. The molecule has 2 N–H and O–H groups in total. The van der Waals surface area contributed by atoms with Crippen molar-refractivity contribution in [2.24, 2.45) is 0 Å². The lowest BCUT2D eigenvalue weighted by Gasteiger charge is -2.32. The van der Waals surface area contributed by atoms with Crippen LogP contribution in [0.25, 0.3) is 11.3 Å². The van der Waals surface area contributed by atoms with Crippen molar-refractivity contribution in [2.75, 3.05) is 40.1 Å². The molecule has 4 heterocycles. The van der Waals surface area contributed by atoms with Crippen molar-refractivity contribution in [3.8, 4) is 11.3 Å². The number of carbonyl (C=O) groups excluding carboxylic acids is 1. The summed E-state index contributed by atoms with van der Waals surface area (Å²) in [6, 6.07) is 15.8. The fourth-order valence-electron chi connectivity index (χ4n) is 4.74. The van der Waals surface area contributed by atoms with Crippen molar-refractivity contribution in [2.45, 2.75) is 45.1 Å². The summed E-state index contributed by atoms with van der Waals surface area (Å²) in [4.78, 5) is 22.6. The Hall–Kier alpha value is -3.68. The van der Waals surface area contributed by atoms with E-state index in [0.717, 1.165) is 49.4 Å². The molecule has 2 aliphatic heterocycles. The summed E-state index contributed by atoms with van der Waals surface area (Å²) in [7, 11) is 0. The molecule has 0 aliphatic carbocycles. The number of hydrogen-bond acceptors (Lipinski definition) is 6. The van der Waals surface area contributed by atoms with Gasteiger partial charge >= 0.3 is 6.03 Å². The highest BCUT2D eigenvalue weighted by atomic mass is 16.2. The Bertz CT molecular complexity index is 1130. The molecule has 0 bridgehead atoms. The topological polar surface area (TPSA) is 86.3 Å². The Morgan fingerprint density at radius 1 is 1.06 bits per heavy atom. The molecule has 0 saturated carbocycles. The van der Waals surface area contributed by atoms with Gasteiger partial charge < -0.3 is 10.2 Å². The summed E-state index contributed by atoms with van der Waals surface area (Å²) >= 11 is 0. The maximum absolute atomic E-state index is 13.4. The lowest BCUT2D eigenvalue weighted by Crippen LogP contribution is -2.43. The van der Waals surface area contributed by atoms with Gasteiger partial charge in [-0.3, -0.25) is 10.2 Å². The van der Waals surface area contributed by atoms with Crippen LogP contribution in [0, 0.1) is 0 Å². The van der Waals surface area contributed by atoms with E-state index in [1.807, 2.05) is 12.1 Å². The summed E-state index contributed by atoms with van der Waals surface area (Å²) < 4.78 is 0. The zero-order valence-corrected chi connectivity index (χ0v) is 19.6. The van der Waals surface area contributed by atoms with E-state index in [-0.39, 0.29) is 12.1 Å². The van der Waals surface area contributed by atoms with E-state index in [0.29, 0.717) is 11.6 Å². The number of aromatic nitrogens is 3. The van der Waals surface area contributed by atoms with E-state index in [2.05, 4.69) is 56.9 Å². The van der Waals surface area contributed by atoms with Crippen LogP contribution in [0.5, 0.6) is 0 Å². The number of fused-ring (bicyclic) bond motifs is 1. The molecule has 8 heteroatoms. The number of nitrogens with zero attached hydrogens (tertiary/aromatic N) is 5. The quantitative estimate of drug-likeness (QED) is 0.565. The zero-order chi connectivity index (χ0) is 23.3. The molecule has 1 saturated heterocycles. The number of benzene rings is 1. The fourth-order valence-corrected chi connectivity index (χ4v) is 4.74. The average molecular weight is 458 g/mol. The van der Waals surface area contributed by atoms with Gasteiger partial charge in [0.25, 0.3) is 0 Å². The van der Waals surface area contributed by atoms with Gasteiger partial charge in [-0.15, -0.1) is 5.10 Å². The first-order valence-corrected chi connectivity index (χ1v) is 12.2. The Morgan fingerprint density at radius 3 is 2.76 bits per heavy atom. The maximum atomic E-state index is 13.4. The van der Waals surface area contributed by atoms with Gasteiger partial charge in [0.1, 0.15) is 0 Å². The van der Waals surface area contributed by atoms with Crippen molar-refractivity contribution >= 4 is 29.0 Å². The lowest BCUT2D eigenvalue weighted by atomic mass is 10.1. The monoisotopic (exact) mass is 457 g/mol.